The molecule has 0 spiro atoms. The van der Waals surface area contributed by atoms with E-state index in [4.69, 9.17) is 4.74 Å². The van der Waals surface area contributed by atoms with Crippen molar-refractivity contribution in [2.24, 2.45) is 0 Å². The Morgan fingerprint density at radius 1 is 1.30 bits per heavy atom. The van der Waals surface area contributed by atoms with Crippen LogP contribution < -0.4 is 5.32 Å². The van der Waals surface area contributed by atoms with Gasteiger partial charge in [-0.3, -0.25) is 0 Å². The molecule has 0 saturated heterocycles. The number of ether oxygens (including phenoxy) is 1. The summed E-state index contributed by atoms with van der Waals surface area (Å²) in [4.78, 5) is 22.2. The average molecular weight is 330 g/mol. The number of anilines is 1. The van der Waals surface area contributed by atoms with Gasteiger partial charge in [0.15, 0.2) is 0 Å². The molecule has 3 heterocycles. The Bertz CT molecular complexity index is 840. The lowest BCUT2D eigenvalue weighted by atomic mass is 10.2. The maximum Gasteiger partial charge on any atom is 0.348 e. The van der Waals surface area contributed by atoms with Gasteiger partial charge < -0.3 is 14.6 Å². The second-order valence-corrected chi connectivity index (χ2v) is 6.19. The number of methoxy groups -OCH3 is 1. The number of carbonyl (C=O) groups excluding carboxylic acids is 1. The zero-order chi connectivity index (χ0) is 16.4. The first kappa shape index (κ1) is 15.5. The molecule has 3 rings (SSSR count). The van der Waals surface area contributed by atoms with Crippen LogP contribution in [0.5, 0.6) is 0 Å². The maximum absolute atomic E-state index is 11.9. The summed E-state index contributed by atoms with van der Waals surface area (Å²) in [5, 5.41) is 4.26. The van der Waals surface area contributed by atoms with Crippen molar-refractivity contribution in [3.05, 3.63) is 40.8 Å². The Labute approximate surface area is 138 Å². The molecule has 0 radical (unpaired) electrons. The fraction of sp³-hybridized carbons (Fsp3) is 0.312. The van der Waals surface area contributed by atoms with Gasteiger partial charge in [0, 0.05) is 25.5 Å². The molecule has 0 aliphatic heterocycles. The molecule has 1 N–H and O–H groups in total. The lowest BCUT2D eigenvalue weighted by molar-refractivity contribution is 0.0605. The second-order valence-electron chi connectivity index (χ2n) is 5.19. The van der Waals surface area contributed by atoms with Crippen LogP contribution in [-0.2, 0) is 11.3 Å². The van der Waals surface area contributed by atoms with Crippen LogP contribution in [0.4, 0.5) is 5.82 Å². The van der Waals surface area contributed by atoms with E-state index in [2.05, 4.69) is 19.9 Å². The lowest BCUT2D eigenvalue weighted by Gasteiger charge is -2.09. The molecule has 0 aliphatic carbocycles. The zero-order valence-electron chi connectivity index (χ0n) is 13.3. The van der Waals surface area contributed by atoms with Gasteiger partial charge in [0.05, 0.1) is 12.5 Å². The minimum Gasteiger partial charge on any atom is -0.465 e. The highest BCUT2D eigenvalue weighted by atomic mass is 32.1. The molecule has 6 nitrogen and oxygen atoms in total. The van der Waals surface area contributed by atoms with Crippen molar-refractivity contribution >= 4 is 33.3 Å². The van der Waals surface area contributed by atoms with E-state index in [0.29, 0.717) is 10.7 Å². The molecule has 0 amide bonds. The molecular formula is C16H18N4O2S. The Balaban J connectivity index is 1.92. The largest absolute Gasteiger partial charge is 0.465 e. The number of thiophene rings is 1. The fourth-order valence-electron chi connectivity index (χ4n) is 2.48. The standard InChI is InChI=1S/C16H18N4O2S/c1-10-12-14(17-6-9-20-7-4-5-8-20)18-11(2)19-15(12)23-13(10)16(21)22-3/h4-5,7-8H,6,9H2,1-3H3,(H,17,18,19). The molecule has 0 unspecified atom stereocenters. The molecule has 3 aromatic rings. The number of hydrogen-bond acceptors (Lipinski definition) is 6. The third-order valence-electron chi connectivity index (χ3n) is 3.60. The Kier molecular flexibility index (Phi) is 4.29. The van der Waals surface area contributed by atoms with Gasteiger partial charge in [-0.05, 0) is 31.5 Å². The molecule has 7 heteroatoms. The van der Waals surface area contributed by atoms with E-state index >= 15 is 0 Å². The zero-order valence-corrected chi connectivity index (χ0v) is 14.1. The molecular weight excluding hydrogens is 312 g/mol. The first-order valence-corrected chi connectivity index (χ1v) is 8.12. The maximum atomic E-state index is 11.9. The highest BCUT2D eigenvalue weighted by Crippen LogP contribution is 2.34. The van der Waals surface area contributed by atoms with E-state index in [0.717, 1.165) is 34.7 Å². The number of nitrogens with one attached hydrogen (secondary N) is 1. The topological polar surface area (TPSA) is 69.0 Å². The van der Waals surface area contributed by atoms with Crippen LogP contribution in [0.2, 0.25) is 0 Å². The first-order valence-electron chi connectivity index (χ1n) is 7.31. The molecule has 120 valence electrons. The van der Waals surface area contributed by atoms with Crippen LogP contribution in [-0.4, -0.2) is 34.2 Å². The summed E-state index contributed by atoms with van der Waals surface area (Å²) in [6, 6.07) is 4.00. The monoisotopic (exact) mass is 330 g/mol. The predicted molar refractivity (Wildman–Crippen MR) is 91.2 cm³/mol. The number of aryl methyl sites for hydroxylation is 2. The average Bonchev–Trinajstić information content (AvgIpc) is 3.14. The molecule has 23 heavy (non-hydrogen) atoms. The molecule has 0 aliphatic rings. The van der Waals surface area contributed by atoms with Crippen LogP contribution >= 0.6 is 11.3 Å². The first-order chi connectivity index (χ1) is 11.1. The number of aromatic nitrogens is 3. The molecule has 3 aromatic heterocycles. The van der Waals surface area contributed by atoms with Crippen molar-refractivity contribution in [1.29, 1.82) is 0 Å². The summed E-state index contributed by atoms with van der Waals surface area (Å²) in [5.74, 6) is 1.11. The summed E-state index contributed by atoms with van der Waals surface area (Å²) >= 11 is 1.35. The summed E-state index contributed by atoms with van der Waals surface area (Å²) in [7, 11) is 1.39. The normalized spacial score (nSPS) is 10.9. The Morgan fingerprint density at radius 2 is 2.04 bits per heavy atom. The highest BCUT2D eigenvalue weighted by Gasteiger charge is 2.20. The van der Waals surface area contributed by atoms with Gasteiger partial charge in [0.25, 0.3) is 0 Å². The van der Waals surface area contributed by atoms with Gasteiger partial charge in [0.2, 0.25) is 0 Å². The Morgan fingerprint density at radius 3 is 2.74 bits per heavy atom. The number of hydrogen-bond donors (Lipinski definition) is 1. The third kappa shape index (κ3) is 3.05. The summed E-state index contributed by atoms with van der Waals surface area (Å²) < 4.78 is 6.94. The smallest absolute Gasteiger partial charge is 0.348 e. The summed E-state index contributed by atoms with van der Waals surface area (Å²) in [5.41, 5.74) is 0.861. The number of rotatable bonds is 5. The van der Waals surface area contributed by atoms with Crippen molar-refractivity contribution < 1.29 is 9.53 Å². The van der Waals surface area contributed by atoms with Gasteiger partial charge in [0.1, 0.15) is 21.3 Å². The van der Waals surface area contributed by atoms with Crippen LogP contribution in [0.1, 0.15) is 21.1 Å². The number of nitrogens with zero attached hydrogens (tertiary/aromatic N) is 3. The molecule has 0 saturated carbocycles. The minimum atomic E-state index is -0.332. The SMILES string of the molecule is COC(=O)c1sc2nc(C)nc(NCCn3cccc3)c2c1C. The number of carbonyl (C=O) groups is 1. The predicted octanol–water partition coefficient (Wildman–Crippen LogP) is 3.01. The van der Waals surface area contributed by atoms with Crippen molar-refractivity contribution in [3.8, 4) is 0 Å². The van der Waals surface area contributed by atoms with Gasteiger partial charge in [-0.25, -0.2) is 14.8 Å². The van der Waals surface area contributed by atoms with E-state index in [1.54, 1.807) is 0 Å². The van der Waals surface area contributed by atoms with Crippen LogP contribution in [0, 0.1) is 13.8 Å². The van der Waals surface area contributed by atoms with Crippen molar-refractivity contribution in [1.82, 2.24) is 14.5 Å². The highest BCUT2D eigenvalue weighted by molar-refractivity contribution is 7.20. The van der Waals surface area contributed by atoms with Crippen molar-refractivity contribution in [2.75, 3.05) is 19.0 Å². The van der Waals surface area contributed by atoms with Crippen molar-refractivity contribution in [2.45, 2.75) is 20.4 Å². The number of fused-ring (bicyclic) bond motifs is 1. The van der Waals surface area contributed by atoms with E-state index in [1.165, 1.54) is 18.4 Å². The molecule has 0 atom stereocenters. The molecule has 0 bridgehead atoms. The van der Waals surface area contributed by atoms with Crippen LogP contribution in [0.15, 0.2) is 24.5 Å². The van der Waals surface area contributed by atoms with Crippen molar-refractivity contribution in [3.63, 3.8) is 0 Å². The van der Waals surface area contributed by atoms with E-state index in [9.17, 15) is 4.79 Å². The molecule has 0 fully saturated rings. The lowest BCUT2D eigenvalue weighted by Crippen LogP contribution is -2.11. The summed E-state index contributed by atoms with van der Waals surface area (Å²) in [6.45, 7) is 5.33. The second kappa shape index (κ2) is 6.37. The van der Waals surface area contributed by atoms with Crippen LogP contribution in [0.3, 0.4) is 0 Å². The summed E-state index contributed by atoms with van der Waals surface area (Å²) in [6.07, 6.45) is 4.04. The number of esters is 1. The van der Waals surface area contributed by atoms with Gasteiger partial charge >= 0.3 is 5.97 Å². The molecule has 0 aromatic carbocycles. The van der Waals surface area contributed by atoms with Gasteiger partial charge in [-0.2, -0.15) is 0 Å². The Hall–Kier alpha value is -2.41. The minimum absolute atomic E-state index is 0.332. The third-order valence-corrected chi connectivity index (χ3v) is 4.77. The van der Waals surface area contributed by atoms with Gasteiger partial charge in [-0.1, -0.05) is 0 Å². The van der Waals surface area contributed by atoms with E-state index < -0.39 is 0 Å². The van der Waals surface area contributed by atoms with Crippen LogP contribution in [0.25, 0.3) is 10.2 Å². The van der Waals surface area contributed by atoms with Gasteiger partial charge in [-0.15, -0.1) is 11.3 Å². The quantitative estimate of drug-likeness (QED) is 0.728. The fourth-order valence-corrected chi connectivity index (χ4v) is 3.63. The van der Waals surface area contributed by atoms with E-state index in [1.807, 2.05) is 38.4 Å². The van der Waals surface area contributed by atoms with E-state index in [-0.39, 0.29) is 5.97 Å².